The highest BCUT2D eigenvalue weighted by Gasteiger charge is 2.08. The van der Waals surface area contributed by atoms with Gasteiger partial charge in [-0.2, -0.15) is 0 Å². The van der Waals surface area contributed by atoms with Crippen LogP contribution in [0.3, 0.4) is 0 Å². The molecule has 19 heavy (non-hydrogen) atoms. The number of halogens is 1. The predicted molar refractivity (Wildman–Crippen MR) is 80.4 cm³/mol. The summed E-state index contributed by atoms with van der Waals surface area (Å²) in [5, 5.41) is 0. The largest absolute Gasteiger partial charge is 0.455 e. The maximum Gasteiger partial charge on any atom is 0.146 e. The van der Waals surface area contributed by atoms with Crippen molar-refractivity contribution in [1.29, 1.82) is 0 Å². The SMILES string of the molecule is CCC(N)Cc1ccccc1Oc1cncc(Br)c1. The lowest BCUT2D eigenvalue weighted by molar-refractivity contribution is 0.469. The smallest absolute Gasteiger partial charge is 0.146 e. The molecule has 3 nitrogen and oxygen atoms in total. The molecule has 0 saturated carbocycles. The summed E-state index contributed by atoms with van der Waals surface area (Å²) in [6.07, 6.45) is 5.19. The van der Waals surface area contributed by atoms with E-state index < -0.39 is 0 Å². The van der Waals surface area contributed by atoms with Gasteiger partial charge in [-0.3, -0.25) is 4.98 Å². The van der Waals surface area contributed by atoms with E-state index in [-0.39, 0.29) is 6.04 Å². The Morgan fingerprint density at radius 1 is 1.32 bits per heavy atom. The molecular weight excluding hydrogens is 304 g/mol. The Morgan fingerprint density at radius 3 is 2.84 bits per heavy atom. The maximum atomic E-state index is 6.02. The van der Waals surface area contributed by atoms with Crippen molar-refractivity contribution in [2.24, 2.45) is 5.73 Å². The van der Waals surface area contributed by atoms with Crippen molar-refractivity contribution < 1.29 is 4.74 Å². The minimum Gasteiger partial charge on any atom is -0.455 e. The molecule has 4 heteroatoms. The lowest BCUT2D eigenvalue weighted by Gasteiger charge is -2.14. The molecular formula is C15H17BrN2O. The van der Waals surface area contributed by atoms with Crippen LogP contribution in [0.4, 0.5) is 0 Å². The first kappa shape index (κ1) is 14.0. The Morgan fingerprint density at radius 2 is 2.11 bits per heavy atom. The Balaban J connectivity index is 2.20. The third-order valence-electron chi connectivity index (χ3n) is 2.89. The van der Waals surface area contributed by atoms with Crippen molar-refractivity contribution in [1.82, 2.24) is 4.98 Å². The van der Waals surface area contributed by atoms with Gasteiger partial charge in [0.1, 0.15) is 11.5 Å². The monoisotopic (exact) mass is 320 g/mol. The summed E-state index contributed by atoms with van der Waals surface area (Å²) >= 11 is 3.38. The Labute approximate surface area is 121 Å². The fourth-order valence-corrected chi connectivity index (χ4v) is 2.12. The van der Waals surface area contributed by atoms with Crippen LogP contribution in [0.2, 0.25) is 0 Å². The van der Waals surface area contributed by atoms with Crippen LogP contribution >= 0.6 is 15.9 Å². The van der Waals surface area contributed by atoms with Crippen molar-refractivity contribution in [3.05, 3.63) is 52.8 Å². The fourth-order valence-electron chi connectivity index (χ4n) is 1.77. The fraction of sp³-hybridized carbons (Fsp3) is 0.267. The lowest BCUT2D eigenvalue weighted by Crippen LogP contribution is -2.21. The zero-order valence-corrected chi connectivity index (χ0v) is 12.4. The molecule has 1 unspecified atom stereocenters. The minimum atomic E-state index is 0.158. The van der Waals surface area contributed by atoms with Crippen LogP contribution in [0.1, 0.15) is 18.9 Å². The summed E-state index contributed by atoms with van der Waals surface area (Å²) in [5.41, 5.74) is 7.14. The minimum absolute atomic E-state index is 0.158. The van der Waals surface area contributed by atoms with E-state index in [1.165, 1.54) is 0 Å². The average Bonchev–Trinajstić information content (AvgIpc) is 2.41. The number of benzene rings is 1. The Hall–Kier alpha value is -1.39. The van der Waals surface area contributed by atoms with Crippen LogP contribution in [0.25, 0.3) is 0 Å². The third-order valence-corrected chi connectivity index (χ3v) is 3.32. The summed E-state index contributed by atoms with van der Waals surface area (Å²) in [6, 6.07) is 10.0. The highest BCUT2D eigenvalue weighted by molar-refractivity contribution is 9.10. The van der Waals surface area contributed by atoms with E-state index in [4.69, 9.17) is 10.5 Å². The molecule has 0 aliphatic carbocycles. The van der Waals surface area contributed by atoms with E-state index in [9.17, 15) is 0 Å². The number of ether oxygens (including phenoxy) is 1. The molecule has 2 aromatic rings. The van der Waals surface area contributed by atoms with Gasteiger partial charge in [0.15, 0.2) is 0 Å². The quantitative estimate of drug-likeness (QED) is 0.908. The molecule has 100 valence electrons. The standard InChI is InChI=1S/C15H17BrN2O/c1-2-13(17)7-11-5-3-4-6-15(11)19-14-8-12(16)9-18-10-14/h3-6,8-10,13H,2,7,17H2,1H3. The number of pyridine rings is 1. The number of nitrogens with zero attached hydrogens (tertiary/aromatic N) is 1. The van der Waals surface area contributed by atoms with Gasteiger partial charge < -0.3 is 10.5 Å². The van der Waals surface area contributed by atoms with Gasteiger partial charge in [0.25, 0.3) is 0 Å². The number of hydrogen-bond donors (Lipinski definition) is 1. The summed E-state index contributed by atoms with van der Waals surface area (Å²) < 4.78 is 6.78. The van der Waals surface area contributed by atoms with Crippen LogP contribution in [0.5, 0.6) is 11.5 Å². The molecule has 1 heterocycles. The van der Waals surface area contributed by atoms with Crippen molar-refractivity contribution in [2.45, 2.75) is 25.8 Å². The van der Waals surface area contributed by atoms with E-state index >= 15 is 0 Å². The molecule has 1 aromatic carbocycles. The van der Waals surface area contributed by atoms with Crippen molar-refractivity contribution in [3.63, 3.8) is 0 Å². The molecule has 1 atom stereocenters. The number of nitrogens with two attached hydrogens (primary N) is 1. The van der Waals surface area contributed by atoms with Crippen LogP contribution in [0.15, 0.2) is 47.2 Å². The second kappa shape index (κ2) is 6.68. The summed E-state index contributed by atoms with van der Waals surface area (Å²) in [4.78, 5) is 4.09. The second-order valence-corrected chi connectivity index (χ2v) is 5.34. The van der Waals surface area contributed by atoms with Gasteiger partial charge in [-0.1, -0.05) is 25.1 Å². The number of para-hydroxylation sites is 1. The highest BCUT2D eigenvalue weighted by atomic mass is 79.9. The first-order valence-electron chi connectivity index (χ1n) is 6.31. The molecule has 0 radical (unpaired) electrons. The number of hydrogen-bond acceptors (Lipinski definition) is 3. The van der Waals surface area contributed by atoms with Gasteiger partial charge in [0.2, 0.25) is 0 Å². The summed E-state index contributed by atoms with van der Waals surface area (Å²) in [7, 11) is 0. The molecule has 0 bridgehead atoms. The van der Waals surface area contributed by atoms with Crippen molar-refractivity contribution >= 4 is 15.9 Å². The van der Waals surface area contributed by atoms with Crippen LogP contribution in [-0.4, -0.2) is 11.0 Å². The number of aromatic nitrogens is 1. The maximum absolute atomic E-state index is 6.02. The van der Waals surface area contributed by atoms with Gasteiger partial charge in [0.05, 0.1) is 6.20 Å². The van der Waals surface area contributed by atoms with Gasteiger partial charge in [-0.15, -0.1) is 0 Å². The first-order valence-corrected chi connectivity index (χ1v) is 7.10. The lowest BCUT2D eigenvalue weighted by atomic mass is 10.0. The molecule has 0 amide bonds. The van der Waals surface area contributed by atoms with E-state index in [1.54, 1.807) is 12.4 Å². The van der Waals surface area contributed by atoms with E-state index in [0.29, 0.717) is 5.75 Å². The van der Waals surface area contributed by atoms with Crippen molar-refractivity contribution in [2.75, 3.05) is 0 Å². The van der Waals surface area contributed by atoms with Crippen LogP contribution in [-0.2, 0) is 6.42 Å². The average molecular weight is 321 g/mol. The zero-order chi connectivity index (χ0) is 13.7. The predicted octanol–water partition coefficient (Wildman–Crippen LogP) is 3.92. The van der Waals surface area contributed by atoms with Gasteiger partial charge in [-0.05, 0) is 46.5 Å². The molecule has 2 N–H and O–H groups in total. The topological polar surface area (TPSA) is 48.1 Å². The second-order valence-electron chi connectivity index (χ2n) is 4.42. The van der Waals surface area contributed by atoms with Gasteiger partial charge in [-0.25, -0.2) is 0 Å². The Bertz CT molecular complexity index is 545. The molecule has 1 aromatic heterocycles. The van der Waals surface area contributed by atoms with Gasteiger partial charge >= 0.3 is 0 Å². The van der Waals surface area contributed by atoms with E-state index in [0.717, 1.165) is 28.6 Å². The summed E-state index contributed by atoms with van der Waals surface area (Å²) in [5.74, 6) is 1.55. The zero-order valence-electron chi connectivity index (χ0n) is 10.8. The molecule has 0 aliphatic heterocycles. The van der Waals surface area contributed by atoms with Crippen molar-refractivity contribution in [3.8, 4) is 11.5 Å². The highest BCUT2D eigenvalue weighted by Crippen LogP contribution is 2.27. The van der Waals surface area contributed by atoms with E-state index in [2.05, 4.69) is 33.9 Å². The molecule has 0 saturated heterocycles. The normalized spacial score (nSPS) is 12.2. The van der Waals surface area contributed by atoms with Gasteiger partial charge in [0, 0.05) is 16.7 Å². The molecule has 0 fully saturated rings. The molecule has 0 spiro atoms. The first-order chi connectivity index (χ1) is 9.19. The molecule has 2 rings (SSSR count). The van der Waals surface area contributed by atoms with Crippen LogP contribution < -0.4 is 10.5 Å². The Kier molecular flexibility index (Phi) is 4.93. The van der Waals surface area contributed by atoms with Crippen LogP contribution in [0, 0.1) is 0 Å². The third kappa shape index (κ3) is 4.04. The summed E-state index contributed by atoms with van der Waals surface area (Å²) in [6.45, 7) is 2.09. The number of rotatable bonds is 5. The molecule has 0 aliphatic rings. The van der Waals surface area contributed by atoms with E-state index in [1.807, 2.05) is 24.3 Å².